The molecule has 1 rings (SSSR count). The molecule has 0 amide bonds. The Morgan fingerprint density at radius 1 is 1.53 bits per heavy atom. The molecule has 1 N–H and O–H groups in total. The van der Waals surface area contributed by atoms with E-state index in [-0.39, 0.29) is 18.0 Å². The Hall–Kier alpha value is -1.49. The van der Waals surface area contributed by atoms with Crippen LogP contribution >= 0.6 is 0 Å². The Kier molecular flexibility index (Phi) is 5.00. The lowest BCUT2D eigenvalue weighted by Gasteiger charge is -2.35. The SMILES string of the molecule is CCC(O)(c1ccc(F)cn1)C(C(=O)OC)C(C)C. The molecule has 0 aliphatic rings. The first-order chi connectivity index (χ1) is 8.86. The third-order valence-electron chi connectivity index (χ3n) is 3.35. The monoisotopic (exact) mass is 269 g/mol. The van der Waals surface area contributed by atoms with Gasteiger partial charge in [-0.1, -0.05) is 20.8 Å². The number of carbonyl (C=O) groups is 1. The van der Waals surface area contributed by atoms with Gasteiger partial charge >= 0.3 is 5.97 Å². The standard InChI is InChI=1S/C14H20FNO3/c1-5-14(18,11-7-6-10(15)8-16-11)12(9(2)3)13(17)19-4/h6-9,12,18H,5H2,1-4H3. The van der Waals surface area contributed by atoms with Crippen molar-refractivity contribution in [1.29, 1.82) is 0 Å². The lowest BCUT2D eigenvalue weighted by atomic mass is 9.75. The van der Waals surface area contributed by atoms with E-state index >= 15 is 0 Å². The first-order valence-electron chi connectivity index (χ1n) is 6.29. The zero-order valence-electron chi connectivity index (χ0n) is 11.7. The van der Waals surface area contributed by atoms with E-state index in [1.54, 1.807) is 6.92 Å². The van der Waals surface area contributed by atoms with Crippen LogP contribution in [0.5, 0.6) is 0 Å². The second-order valence-electron chi connectivity index (χ2n) is 4.88. The topological polar surface area (TPSA) is 59.4 Å². The molecule has 0 fully saturated rings. The van der Waals surface area contributed by atoms with Gasteiger partial charge in [-0.05, 0) is 24.5 Å². The molecule has 1 aromatic heterocycles. The highest BCUT2D eigenvalue weighted by molar-refractivity contribution is 5.74. The lowest BCUT2D eigenvalue weighted by molar-refractivity contribution is -0.161. The predicted molar refractivity (Wildman–Crippen MR) is 68.7 cm³/mol. The maximum absolute atomic E-state index is 12.9. The fourth-order valence-corrected chi connectivity index (χ4v) is 2.34. The van der Waals surface area contributed by atoms with Crippen LogP contribution in [0.2, 0.25) is 0 Å². The molecule has 1 aromatic rings. The molecule has 19 heavy (non-hydrogen) atoms. The average molecular weight is 269 g/mol. The molecule has 1 heterocycles. The number of ether oxygens (including phenoxy) is 1. The Bertz CT molecular complexity index is 433. The molecule has 0 radical (unpaired) electrons. The van der Waals surface area contributed by atoms with Crippen molar-refractivity contribution in [1.82, 2.24) is 4.98 Å². The molecule has 0 saturated heterocycles. The van der Waals surface area contributed by atoms with Crippen molar-refractivity contribution in [3.05, 3.63) is 29.8 Å². The third-order valence-corrected chi connectivity index (χ3v) is 3.35. The van der Waals surface area contributed by atoms with Crippen molar-refractivity contribution >= 4 is 5.97 Å². The molecule has 0 saturated carbocycles. The van der Waals surface area contributed by atoms with Gasteiger partial charge in [-0.3, -0.25) is 9.78 Å². The minimum atomic E-state index is -1.46. The summed E-state index contributed by atoms with van der Waals surface area (Å²) in [6.45, 7) is 5.40. The van der Waals surface area contributed by atoms with Crippen LogP contribution in [0.4, 0.5) is 4.39 Å². The zero-order valence-corrected chi connectivity index (χ0v) is 11.7. The van der Waals surface area contributed by atoms with Crippen molar-refractivity contribution < 1.29 is 19.0 Å². The Labute approximate surface area is 112 Å². The molecule has 2 atom stereocenters. The molecule has 2 unspecified atom stereocenters. The number of hydrogen-bond acceptors (Lipinski definition) is 4. The first-order valence-corrected chi connectivity index (χ1v) is 6.29. The lowest BCUT2D eigenvalue weighted by Crippen LogP contribution is -2.43. The summed E-state index contributed by atoms with van der Waals surface area (Å²) in [4.78, 5) is 15.8. The van der Waals surface area contributed by atoms with Gasteiger partial charge in [0.15, 0.2) is 0 Å². The zero-order chi connectivity index (χ0) is 14.6. The van der Waals surface area contributed by atoms with Gasteiger partial charge in [0, 0.05) is 0 Å². The van der Waals surface area contributed by atoms with E-state index in [0.717, 1.165) is 6.20 Å². The molecule has 106 valence electrons. The maximum Gasteiger partial charge on any atom is 0.312 e. The number of pyridine rings is 1. The number of carbonyl (C=O) groups excluding carboxylic acids is 1. The number of esters is 1. The Balaban J connectivity index is 3.26. The van der Waals surface area contributed by atoms with Crippen molar-refractivity contribution in [3.63, 3.8) is 0 Å². The number of aromatic nitrogens is 1. The Morgan fingerprint density at radius 2 is 2.16 bits per heavy atom. The Morgan fingerprint density at radius 3 is 2.53 bits per heavy atom. The summed E-state index contributed by atoms with van der Waals surface area (Å²) < 4.78 is 17.7. The molecule has 0 aromatic carbocycles. The minimum Gasteiger partial charge on any atom is -0.469 e. The van der Waals surface area contributed by atoms with E-state index < -0.39 is 23.3 Å². The molecule has 0 bridgehead atoms. The van der Waals surface area contributed by atoms with Gasteiger partial charge in [0.25, 0.3) is 0 Å². The highest BCUT2D eigenvalue weighted by Crippen LogP contribution is 2.37. The molecule has 0 aliphatic heterocycles. The van der Waals surface area contributed by atoms with Crippen LogP contribution in [0.25, 0.3) is 0 Å². The summed E-state index contributed by atoms with van der Waals surface area (Å²) in [5.41, 5.74) is -1.19. The summed E-state index contributed by atoms with van der Waals surface area (Å²) in [5.74, 6) is -1.86. The average Bonchev–Trinajstić information content (AvgIpc) is 2.38. The number of rotatable bonds is 5. The van der Waals surface area contributed by atoms with Gasteiger partial charge in [-0.2, -0.15) is 0 Å². The third kappa shape index (κ3) is 3.10. The van der Waals surface area contributed by atoms with E-state index in [9.17, 15) is 14.3 Å². The van der Waals surface area contributed by atoms with Crippen molar-refractivity contribution in [2.45, 2.75) is 32.8 Å². The maximum atomic E-state index is 12.9. The van der Waals surface area contributed by atoms with Crippen molar-refractivity contribution in [3.8, 4) is 0 Å². The molecular weight excluding hydrogens is 249 g/mol. The smallest absolute Gasteiger partial charge is 0.312 e. The van der Waals surface area contributed by atoms with Gasteiger partial charge in [0.1, 0.15) is 11.4 Å². The van der Waals surface area contributed by atoms with Crippen molar-refractivity contribution in [2.24, 2.45) is 11.8 Å². The minimum absolute atomic E-state index is 0.135. The number of hydrogen-bond donors (Lipinski definition) is 1. The largest absolute Gasteiger partial charge is 0.469 e. The molecule has 4 nitrogen and oxygen atoms in total. The van der Waals surface area contributed by atoms with Gasteiger partial charge in [0.2, 0.25) is 0 Å². The summed E-state index contributed by atoms with van der Waals surface area (Å²) in [7, 11) is 1.28. The first kappa shape index (κ1) is 15.6. The van der Waals surface area contributed by atoms with E-state index in [1.807, 2.05) is 13.8 Å². The fraction of sp³-hybridized carbons (Fsp3) is 0.571. The number of aliphatic hydroxyl groups is 1. The summed E-state index contributed by atoms with van der Waals surface area (Å²) in [6.07, 6.45) is 1.31. The molecule has 0 aliphatic carbocycles. The van der Waals surface area contributed by atoms with Crippen LogP contribution in [-0.2, 0) is 15.1 Å². The van der Waals surface area contributed by atoms with Gasteiger partial charge in [-0.25, -0.2) is 4.39 Å². The predicted octanol–water partition coefficient (Wildman–Crippen LogP) is 2.26. The normalized spacial score (nSPS) is 15.9. The second-order valence-corrected chi connectivity index (χ2v) is 4.88. The highest BCUT2D eigenvalue weighted by Gasteiger charge is 2.45. The number of halogens is 1. The number of methoxy groups -OCH3 is 1. The fourth-order valence-electron chi connectivity index (χ4n) is 2.34. The van der Waals surface area contributed by atoms with Crippen LogP contribution in [0.15, 0.2) is 18.3 Å². The van der Waals surface area contributed by atoms with E-state index in [1.165, 1.54) is 19.2 Å². The van der Waals surface area contributed by atoms with Crippen LogP contribution in [0.1, 0.15) is 32.9 Å². The van der Waals surface area contributed by atoms with Crippen molar-refractivity contribution in [2.75, 3.05) is 7.11 Å². The van der Waals surface area contributed by atoms with Crippen LogP contribution in [0.3, 0.4) is 0 Å². The van der Waals surface area contributed by atoms with Crippen LogP contribution in [0, 0.1) is 17.7 Å². The quantitative estimate of drug-likeness (QED) is 0.833. The highest BCUT2D eigenvalue weighted by atomic mass is 19.1. The van der Waals surface area contributed by atoms with Gasteiger partial charge < -0.3 is 9.84 Å². The summed E-state index contributed by atoms with van der Waals surface area (Å²) in [5, 5.41) is 10.8. The summed E-state index contributed by atoms with van der Waals surface area (Å²) in [6, 6.07) is 2.62. The van der Waals surface area contributed by atoms with Crippen LogP contribution in [-0.4, -0.2) is 23.2 Å². The second kappa shape index (κ2) is 6.10. The summed E-state index contributed by atoms with van der Waals surface area (Å²) >= 11 is 0. The van der Waals surface area contributed by atoms with E-state index in [2.05, 4.69) is 4.98 Å². The molecular formula is C14H20FNO3. The van der Waals surface area contributed by atoms with Gasteiger partial charge in [-0.15, -0.1) is 0 Å². The number of nitrogens with zero attached hydrogens (tertiary/aromatic N) is 1. The van der Waals surface area contributed by atoms with Gasteiger partial charge in [0.05, 0.1) is 24.9 Å². The van der Waals surface area contributed by atoms with Crippen LogP contribution < -0.4 is 0 Å². The van der Waals surface area contributed by atoms with E-state index in [0.29, 0.717) is 0 Å². The van der Waals surface area contributed by atoms with E-state index in [4.69, 9.17) is 4.74 Å². The molecule has 5 heteroatoms. The molecule has 0 spiro atoms.